The molecule has 0 aliphatic heterocycles. The third-order valence-corrected chi connectivity index (χ3v) is 7.78. The Labute approximate surface area is 132 Å². The third-order valence-electron chi connectivity index (χ3n) is 7.78. The molecule has 4 aliphatic rings. The molecule has 3 nitrogen and oxygen atoms in total. The minimum atomic E-state index is -0.446. The summed E-state index contributed by atoms with van der Waals surface area (Å²) in [4.78, 5) is 12.4. The standard InChI is InChI=1S/C19H28O3/c1-18-7-5-12(20)9-11(18)3-4-13-14(18)6-8-19(2)16(22)10-15(21)17(13)19/h3,12-15,17,20-21H,4-10H2,1-2H3/t12-,13+,14-,15-,17+,18-,19+/m0/s1. The maximum absolute atomic E-state index is 12.4. The molecular weight excluding hydrogens is 276 g/mol. The topological polar surface area (TPSA) is 57.5 Å². The van der Waals surface area contributed by atoms with Crippen molar-refractivity contribution in [1.82, 2.24) is 0 Å². The van der Waals surface area contributed by atoms with Crippen LogP contribution in [0.25, 0.3) is 0 Å². The Morgan fingerprint density at radius 3 is 2.59 bits per heavy atom. The molecule has 0 unspecified atom stereocenters. The van der Waals surface area contributed by atoms with Crippen LogP contribution in [-0.2, 0) is 4.79 Å². The second-order valence-corrected chi connectivity index (χ2v) is 8.73. The van der Waals surface area contributed by atoms with E-state index in [1.165, 1.54) is 5.57 Å². The molecule has 4 rings (SSSR count). The normalized spacial score (nSPS) is 54.3. The number of ketones is 1. The molecule has 0 aromatic heterocycles. The number of hydrogen-bond acceptors (Lipinski definition) is 3. The number of rotatable bonds is 0. The number of Topliss-reactive ketones (excluding diaryl/α,β-unsaturated/α-hetero) is 1. The summed E-state index contributed by atoms with van der Waals surface area (Å²) in [6.07, 6.45) is 7.84. The molecule has 0 amide bonds. The van der Waals surface area contributed by atoms with Crippen LogP contribution in [0.5, 0.6) is 0 Å². The van der Waals surface area contributed by atoms with Crippen LogP contribution in [0.1, 0.15) is 58.8 Å². The van der Waals surface area contributed by atoms with Gasteiger partial charge in [-0.15, -0.1) is 0 Å². The minimum Gasteiger partial charge on any atom is -0.393 e. The van der Waals surface area contributed by atoms with Crippen molar-refractivity contribution in [2.75, 3.05) is 0 Å². The highest BCUT2D eigenvalue weighted by Crippen LogP contribution is 2.63. The first-order valence-corrected chi connectivity index (χ1v) is 8.95. The summed E-state index contributed by atoms with van der Waals surface area (Å²) in [5.74, 6) is 1.42. The summed E-state index contributed by atoms with van der Waals surface area (Å²) in [7, 11) is 0. The summed E-state index contributed by atoms with van der Waals surface area (Å²) in [5, 5.41) is 20.5. The molecule has 0 spiro atoms. The van der Waals surface area contributed by atoms with E-state index in [0.29, 0.717) is 18.3 Å². The van der Waals surface area contributed by atoms with E-state index in [4.69, 9.17) is 0 Å². The van der Waals surface area contributed by atoms with Gasteiger partial charge in [-0.2, -0.15) is 0 Å². The van der Waals surface area contributed by atoms with Gasteiger partial charge in [0.2, 0.25) is 0 Å². The first kappa shape index (κ1) is 14.9. The van der Waals surface area contributed by atoms with Gasteiger partial charge in [0, 0.05) is 17.8 Å². The van der Waals surface area contributed by atoms with E-state index in [9.17, 15) is 15.0 Å². The van der Waals surface area contributed by atoms with Crippen molar-refractivity contribution in [3.8, 4) is 0 Å². The molecule has 122 valence electrons. The first-order valence-electron chi connectivity index (χ1n) is 8.95. The number of hydrogen-bond donors (Lipinski definition) is 2. The largest absolute Gasteiger partial charge is 0.393 e. The molecule has 0 saturated heterocycles. The van der Waals surface area contributed by atoms with Crippen LogP contribution in [0.4, 0.5) is 0 Å². The van der Waals surface area contributed by atoms with Gasteiger partial charge in [-0.05, 0) is 55.8 Å². The lowest BCUT2D eigenvalue weighted by Crippen LogP contribution is -2.52. The van der Waals surface area contributed by atoms with E-state index in [0.717, 1.165) is 38.5 Å². The van der Waals surface area contributed by atoms with E-state index in [2.05, 4.69) is 19.9 Å². The van der Waals surface area contributed by atoms with Crippen molar-refractivity contribution in [3.63, 3.8) is 0 Å². The second-order valence-electron chi connectivity index (χ2n) is 8.73. The van der Waals surface area contributed by atoms with Crippen LogP contribution in [0.2, 0.25) is 0 Å². The molecule has 22 heavy (non-hydrogen) atoms. The lowest BCUT2D eigenvalue weighted by Gasteiger charge is -2.57. The summed E-state index contributed by atoms with van der Waals surface area (Å²) < 4.78 is 0. The molecule has 0 heterocycles. The number of fused-ring (bicyclic) bond motifs is 5. The Morgan fingerprint density at radius 2 is 1.82 bits per heavy atom. The smallest absolute Gasteiger partial charge is 0.141 e. The summed E-state index contributed by atoms with van der Waals surface area (Å²) >= 11 is 0. The first-order chi connectivity index (χ1) is 10.4. The van der Waals surface area contributed by atoms with Crippen molar-refractivity contribution >= 4 is 5.78 Å². The maximum Gasteiger partial charge on any atom is 0.141 e. The van der Waals surface area contributed by atoms with E-state index in [1.54, 1.807) is 0 Å². The van der Waals surface area contributed by atoms with Crippen molar-refractivity contribution in [3.05, 3.63) is 11.6 Å². The van der Waals surface area contributed by atoms with Gasteiger partial charge in [-0.25, -0.2) is 0 Å². The number of aliphatic hydroxyl groups excluding tert-OH is 2. The van der Waals surface area contributed by atoms with Crippen LogP contribution in [0.15, 0.2) is 11.6 Å². The molecule has 0 aromatic carbocycles. The molecule has 0 aromatic rings. The maximum atomic E-state index is 12.4. The Kier molecular flexibility index (Phi) is 3.16. The zero-order valence-corrected chi connectivity index (χ0v) is 13.7. The molecular formula is C19H28O3. The highest BCUT2D eigenvalue weighted by atomic mass is 16.3. The Morgan fingerprint density at radius 1 is 1.09 bits per heavy atom. The van der Waals surface area contributed by atoms with Gasteiger partial charge in [0.1, 0.15) is 5.78 Å². The van der Waals surface area contributed by atoms with Crippen LogP contribution < -0.4 is 0 Å². The van der Waals surface area contributed by atoms with Gasteiger partial charge in [-0.3, -0.25) is 4.79 Å². The molecule has 4 aliphatic carbocycles. The fraction of sp³-hybridized carbons (Fsp3) is 0.842. The van der Waals surface area contributed by atoms with E-state index in [1.807, 2.05) is 0 Å². The average molecular weight is 304 g/mol. The molecule has 0 bridgehead atoms. The number of allylic oxidation sites excluding steroid dienone is 1. The summed E-state index contributed by atoms with van der Waals surface area (Å²) in [5.41, 5.74) is 1.32. The monoisotopic (exact) mass is 304 g/mol. The molecule has 0 radical (unpaired) electrons. The fourth-order valence-electron chi connectivity index (χ4n) is 6.48. The Hall–Kier alpha value is -0.670. The van der Waals surface area contributed by atoms with Crippen LogP contribution in [-0.4, -0.2) is 28.2 Å². The Balaban J connectivity index is 1.72. The molecule has 3 heteroatoms. The van der Waals surface area contributed by atoms with Crippen molar-refractivity contribution in [1.29, 1.82) is 0 Å². The van der Waals surface area contributed by atoms with E-state index in [-0.39, 0.29) is 28.6 Å². The van der Waals surface area contributed by atoms with Gasteiger partial charge in [0.05, 0.1) is 12.2 Å². The zero-order valence-electron chi connectivity index (χ0n) is 13.7. The minimum absolute atomic E-state index is 0.139. The van der Waals surface area contributed by atoms with E-state index >= 15 is 0 Å². The quantitative estimate of drug-likeness (QED) is 0.677. The van der Waals surface area contributed by atoms with Crippen molar-refractivity contribution < 1.29 is 15.0 Å². The number of carbonyl (C=O) groups is 1. The van der Waals surface area contributed by atoms with Crippen molar-refractivity contribution in [2.24, 2.45) is 28.6 Å². The van der Waals surface area contributed by atoms with Gasteiger partial charge in [0.15, 0.2) is 0 Å². The lowest BCUT2D eigenvalue weighted by atomic mass is 9.48. The summed E-state index contributed by atoms with van der Waals surface area (Å²) in [6.45, 7) is 4.46. The predicted octanol–water partition coefficient (Wildman–Crippen LogP) is 2.85. The van der Waals surface area contributed by atoms with Gasteiger partial charge >= 0.3 is 0 Å². The number of carbonyl (C=O) groups excluding carboxylic acids is 1. The molecule has 2 N–H and O–H groups in total. The van der Waals surface area contributed by atoms with E-state index < -0.39 is 6.10 Å². The SMILES string of the molecule is C[C@]12CC[C@H](O)CC1=CC[C@H]1[C@@H]3[C@@H](O)CC(=O)[C@@]3(C)CC[C@@H]12. The summed E-state index contributed by atoms with van der Waals surface area (Å²) in [6, 6.07) is 0. The molecule has 7 atom stereocenters. The van der Waals surface area contributed by atoms with Gasteiger partial charge in [-0.1, -0.05) is 25.5 Å². The van der Waals surface area contributed by atoms with Crippen LogP contribution in [0.3, 0.4) is 0 Å². The number of aliphatic hydroxyl groups is 2. The molecule has 3 saturated carbocycles. The zero-order chi connectivity index (χ0) is 15.7. The van der Waals surface area contributed by atoms with Gasteiger partial charge in [0.25, 0.3) is 0 Å². The van der Waals surface area contributed by atoms with Gasteiger partial charge < -0.3 is 10.2 Å². The third kappa shape index (κ3) is 1.78. The predicted molar refractivity (Wildman–Crippen MR) is 84.1 cm³/mol. The second kappa shape index (κ2) is 4.67. The highest BCUT2D eigenvalue weighted by Gasteiger charge is 2.61. The highest BCUT2D eigenvalue weighted by molar-refractivity contribution is 5.88. The van der Waals surface area contributed by atoms with Crippen LogP contribution >= 0.6 is 0 Å². The average Bonchev–Trinajstić information content (AvgIpc) is 2.70. The Bertz CT molecular complexity index is 539. The molecule has 3 fully saturated rings. The fourth-order valence-corrected chi connectivity index (χ4v) is 6.48. The van der Waals surface area contributed by atoms with Crippen molar-refractivity contribution in [2.45, 2.75) is 71.0 Å². The van der Waals surface area contributed by atoms with Crippen LogP contribution in [0, 0.1) is 28.6 Å². The lowest BCUT2D eigenvalue weighted by molar-refractivity contribution is -0.133.